The van der Waals surface area contributed by atoms with E-state index in [1.807, 2.05) is 31.3 Å². The topological polar surface area (TPSA) is 69.1 Å². The average molecular weight is 281 g/mol. The van der Waals surface area contributed by atoms with Crippen molar-refractivity contribution in [3.8, 4) is 5.75 Å². The van der Waals surface area contributed by atoms with Crippen molar-refractivity contribution >= 4 is 12.0 Å². The van der Waals surface area contributed by atoms with E-state index in [0.717, 1.165) is 16.2 Å². The predicted octanol–water partition coefficient (Wildman–Crippen LogP) is -0.0190. The van der Waals surface area contributed by atoms with Crippen molar-refractivity contribution in [1.29, 1.82) is 0 Å². The molecule has 20 heavy (non-hydrogen) atoms. The van der Waals surface area contributed by atoms with Crippen LogP contribution in [0.3, 0.4) is 0 Å². The van der Waals surface area contributed by atoms with Crippen molar-refractivity contribution in [2.45, 2.75) is 19.5 Å². The maximum absolute atomic E-state index is 11.8. The van der Waals surface area contributed by atoms with Crippen molar-refractivity contribution in [2.24, 2.45) is 0 Å². The van der Waals surface area contributed by atoms with Crippen LogP contribution in [-0.4, -0.2) is 39.3 Å². The van der Waals surface area contributed by atoms with Gasteiger partial charge in [-0.25, -0.2) is 4.79 Å². The predicted molar refractivity (Wildman–Crippen MR) is 73.6 cm³/mol. The Morgan fingerprint density at radius 3 is 2.65 bits per heavy atom. The molecular formula is C14H21N2O4+. The third-order valence-corrected chi connectivity index (χ3v) is 3.16. The fraction of sp³-hybridized carbons (Fsp3) is 0.429. The molecule has 0 aromatic heterocycles. The third kappa shape index (κ3) is 4.55. The van der Waals surface area contributed by atoms with Gasteiger partial charge in [0.05, 0.1) is 21.3 Å². The van der Waals surface area contributed by atoms with Gasteiger partial charge < -0.3 is 14.4 Å². The number of hydrogen-bond acceptors (Lipinski definition) is 4. The van der Waals surface area contributed by atoms with Gasteiger partial charge in [0.1, 0.15) is 12.3 Å². The Balaban J connectivity index is 2.62. The maximum atomic E-state index is 11.8. The summed E-state index contributed by atoms with van der Waals surface area (Å²) >= 11 is 0. The summed E-state index contributed by atoms with van der Waals surface area (Å²) in [5.74, 6) is 0.416. The Morgan fingerprint density at radius 1 is 1.35 bits per heavy atom. The smallest absolute Gasteiger partial charge is 0.413 e. The van der Waals surface area contributed by atoms with Gasteiger partial charge in [-0.15, -0.1) is 0 Å². The molecule has 2 amide bonds. The van der Waals surface area contributed by atoms with Gasteiger partial charge in [-0.05, 0) is 19.1 Å². The molecule has 1 aromatic rings. The van der Waals surface area contributed by atoms with Crippen LogP contribution in [0.5, 0.6) is 5.75 Å². The van der Waals surface area contributed by atoms with Crippen molar-refractivity contribution in [2.75, 3.05) is 21.3 Å². The molecule has 0 aliphatic heterocycles. The van der Waals surface area contributed by atoms with Gasteiger partial charge in [0.25, 0.3) is 5.91 Å². The van der Waals surface area contributed by atoms with E-state index >= 15 is 0 Å². The molecule has 0 aliphatic carbocycles. The molecule has 1 rings (SSSR count). The molecular weight excluding hydrogens is 260 g/mol. The Morgan fingerprint density at radius 2 is 2.05 bits per heavy atom. The Labute approximate surface area is 118 Å². The van der Waals surface area contributed by atoms with E-state index in [4.69, 9.17) is 4.74 Å². The van der Waals surface area contributed by atoms with Gasteiger partial charge in [0.15, 0.2) is 6.04 Å². The van der Waals surface area contributed by atoms with Crippen LogP contribution in [0.4, 0.5) is 4.79 Å². The second-order valence-electron chi connectivity index (χ2n) is 4.58. The molecule has 2 atom stereocenters. The number of methoxy groups -OCH3 is 2. The molecule has 0 aliphatic rings. The first-order valence-corrected chi connectivity index (χ1v) is 6.32. The minimum absolute atomic E-state index is 0.364. The van der Waals surface area contributed by atoms with Gasteiger partial charge in [-0.3, -0.25) is 10.1 Å². The number of carbonyl (C=O) groups excluding carboxylic acids is 2. The first-order chi connectivity index (χ1) is 9.47. The second-order valence-corrected chi connectivity index (χ2v) is 4.58. The summed E-state index contributed by atoms with van der Waals surface area (Å²) in [4.78, 5) is 23.8. The molecule has 6 heteroatoms. The van der Waals surface area contributed by atoms with E-state index in [9.17, 15) is 9.59 Å². The van der Waals surface area contributed by atoms with Crippen molar-refractivity contribution in [3.63, 3.8) is 0 Å². The zero-order valence-electron chi connectivity index (χ0n) is 12.2. The van der Waals surface area contributed by atoms with E-state index in [1.54, 1.807) is 14.0 Å². The van der Waals surface area contributed by atoms with E-state index in [0.29, 0.717) is 6.54 Å². The van der Waals surface area contributed by atoms with E-state index in [-0.39, 0.29) is 11.9 Å². The number of carbonyl (C=O) groups is 2. The van der Waals surface area contributed by atoms with Gasteiger partial charge in [-0.2, -0.15) is 0 Å². The highest BCUT2D eigenvalue weighted by Gasteiger charge is 2.23. The summed E-state index contributed by atoms with van der Waals surface area (Å²) in [5, 5.41) is 2.17. The molecule has 110 valence electrons. The number of ether oxygens (including phenoxy) is 2. The van der Waals surface area contributed by atoms with Crippen LogP contribution in [0.15, 0.2) is 24.3 Å². The minimum Gasteiger partial charge on any atom is -0.497 e. The number of imide groups is 1. The Hall–Kier alpha value is -2.08. The van der Waals surface area contributed by atoms with E-state index < -0.39 is 6.09 Å². The highest BCUT2D eigenvalue weighted by Crippen LogP contribution is 2.11. The minimum atomic E-state index is -0.740. The number of quaternary nitrogens is 1. The lowest BCUT2D eigenvalue weighted by atomic mass is 10.2. The zero-order valence-corrected chi connectivity index (χ0v) is 12.2. The molecule has 6 nitrogen and oxygen atoms in total. The van der Waals surface area contributed by atoms with Gasteiger partial charge in [-0.1, -0.05) is 12.1 Å². The van der Waals surface area contributed by atoms with Crippen LogP contribution < -0.4 is 15.0 Å². The van der Waals surface area contributed by atoms with Gasteiger partial charge >= 0.3 is 6.09 Å². The van der Waals surface area contributed by atoms with Crippen molar-refractivity contribution < 1.29 is 24.0 Å². The van der Waals surface area contributed by atoms with Crippen LogP contribution in [0, 0.1) is 0 Å². The number of hydrogen-bond donors (Lipinski definition) is 2. The molecule has 0 heterocycles. The quantitative estimate of drug-likeness (QED) is 0.796. The number of benzene rings is 1. The summed E-state index contributed by atoms with van der Waals surface area (Å²) in [6.07, 6.45) is -0.740. The summed E-state index contributed by atoms with van der Waals surface area (Å²) in [7, 11) is 4.73. The Kier molecular flexibility index (Phi) is 5.99. The van der Waals surface area contributed by atoms with Crippen molar-refractivity contribution in [3.05, 3.63) is 29.8 Å². The van der Waals surface area contributed by atoms with Crippen molar-refractivity contribution in [1.82, 2.24) is 5.32 Å². The largest absolute Gasteiger partial charge is 0.497 e. The van der Waals surface area contributed by atoms with Crippen LogP contribution in [0.1, 0.15) is 12.5 Å². The molecule has 0 saturated carbocycles. The number of likely N-dealkylation sites (N-methyl/N-ethyl adjacent to an activating group) is 1. The second kappa shape index (κ2) is 7.49. The van der Waals surface area contributed by atoms with Crippen LogP contribution >= 0.6 is 0 Å². The number of amides is 2. The summed E-state index contributed by atoms with van der Waals surface area (Å²) in [6, 6.07) is 7.29. The van der Waals surface area contributed by atoms with Gasteiger partial charge in [0.2, 0.25) is 0 Å². The van der Waals surface area contributed by atoms with E-state index in [2.05, 4.69) is 10.1 Å². The Bertz CT molecular complexity index is 476. The fourth-order valence-corrected chi connectivity index (χ4v) is 1.74. The standard InChI is InChI=1S/C14H20N2O4/c1-10(13(17)15-14(18)20-4)16(2)9-11-6-5-7-12(8-11)19-3/h5-8,10H,9H2,1-4H3,(H,15,17,18)/p+1/t10-/m1/s1. The fourth-order valence-electron chi connectivity index (χ4n) is 1.74. The molecule has 1 unspecified atom stereocenters. The third-order valence-electron chi connectivity index (χ3n) is 3.16. The highest BCUT2D eigenvalue weighted by molar-refractivity contribution is 5.93. The normalized spacial score (nSPS) is 13.2. The summed E-state index contributed by atoms with van der Waals surface area (Å²) in [5.41, 5.74) is 1.06. The highest BCUT2D eigenvalue weighted by atomic mass is 16.5. The molecule has 2 N–H and O–H groups in total. The lowest BCUT2D eigenvalue weighted by molar-refractivity contribution is -0.908. The number of nitrogens with one attached hydrogen (secondary N) is 2. The SMILES string of the molecule is COC(=O)NC(=O)[C@@H](C)[NH+](C)Cc1cccc(OC)c1. The zero-order chi connectivity index (χ0) is 15.1. The molecule has 0 radical (unpaired) electrons. The number of rotatable bonds is 5. The monoisotopic (exact) mass is 281 g/mol. The average Bonchev–Trinajstić information content (AvgIpc) is 2.46. The van der Waals surface area contributed by atoms with E-state index in [1.165, 1.54) is 7.11 Å². The summed E-state index contributed by atoms with van der Waals surface area (Å²) < 4.78 is 9.56. The lowest BCUT2D eigenvalue weighted by Crippen LogP contribution is -3.12. The molecule has 1 aromatic carbocycles. The molecule has 0 spiro atoms. The lowest BCUT2D eigenvalue weighted by Gasteiger charge is -2.20. The van der Waals surface area contributed by atoms with Crippen LogP contribution in [0.2, 0.25) is 0 Å². The number of alkyl carbamates (subject to hydrolysis) is 1. The first-order valence-electron chi connectivity index (χ1n) is 6.32. The van der Waals surface area contributed by atoms with Gasteiger partial charge in [0, 0.05) is 5.56 Å². The first kappa shape index (κ1) is 16.0. The summed E-state index contributed by atoms with van der Waals surface area (Å²) in [6.45, 7) is 2.40. The van der Waals surface area contributed by atoms with Crippen LogP contribution in [0.25, 0.3) is 0 Å². The van der Waals surface area contributed by atoms with Crippen LogP contribution in [-0.2, 0) is 16.1 Å². The molecule has 0 fully saturated rings. The molecule has 0 bridgehead atoms. The maximum Gasteiger partial charge on any atom is 0.413 e. The molecule has 0 saturated heterocycles.